The average Bonchev–Trinajstić information content (AvgIpc) is 3.07. The highest BCUT2D eigenvalue weighted by atomic mass is 16.5. The number of rotatable bonds is 5. The molecule has 2 aromatic heterocycles. The molecule has 7 heteroatoms. The van der Waals surface area contributed by atoms with E-state index in [0.717, 1.165) is 5.56 Å². The standard InChI is InChI=1S/C19H18N4O3/c1-12-11-17(23-26-12)22-19(25)16-10-6-9-15(21-16)18(24)20-13(2)14-7-4-3-5-8-14/h3-11,13H,1-2H3,(H,20,24)(H,22,23,25). The fourth-order valence-electron chi connectivity index (χ4n) is 2.39. The van der Waals surface area contributed by atoms with Crippen molar-refractivity contribution in [2.24, 2.45) is 0 Å². The van der Waals surface area contributed by atoms with Crippen molar-refractivity contribution in [3.8, 4) is 0 Å². The molecule has 0 aliphatic rings. The molecule has 2 heterocycles. The Morgan fingerprint density at radius 1 is 1.00 bits per heavy atom. The van der Waals surface area contributed by atoms with Crippen molar-refractivity contribution in [2.45, 2.75) is 19.9 Å². The third-order valence-corrected chi connectivity index (χ3v) is 3.73. The number of nitrogens with zero attached hydrogens (tertiary/aromatic N) is 2. The Morgan fingerprint density at radius 2 is 1.69 bits per heavy atom. The van der Waals surface area contributed by atoms with Crippen LogP contribution in [0.5, 0.6) is 0 Å². The van der Waals surface area contributed by atoms with Gasteiger partial charge in [0.2, 0.25) is 0 Å². The van der Waals surface area contributed by atoms with Crippen LogP contribution in [0, 0.1) is 6.92 Å². The quantitative estimate of drug-likeness (QED) is 0.737. The van der Waals surface area contributed by atoms with Crippen molar-refractivity contribution >= 4 is 17.6 Å². The molecule has 1 aromatic carbocycles. The SMILES string of the molecule is Cc1cc(NC(=O)c2cccc(C(=O)NC(C)c3ccccc3)n2)no1. The summed E-state index contributed by atoms with van der Waals surface area (Å²) in [6, 6.07) is 15.7. The summed E-state index contributed by atoms with van der Waals surface area (Å²) < 4.78 is 4.90. The monoisotopic (exact) mass is 350 g/mol. The molecule has 2 amide bonds. The van der Waals surface area contributed by atoms with Gasteiger partial charge in [-0.15, -0.1) is 0 Å². The first-order valence-electron chi connectivity index (χ1n) is 8.10. The minimum absolute atomic E-state index is 0.116. The van der Waals surface area contributed by atoms with Crippen LogP contribution in [0.3, 0.4) is 0 Å². The summed E-state index contributed by atoms with van der Waals surface area (Å²) in [6.45, 7) is 3.61. The van der Waals surface area contributed by atoms with Gasteiger partial charge in [0.15, 0.2) is 5.82 Å². The molecule has 1 atom stereocenters. The predicted octanol–water partition coefficient (Wildman–Crippen LogP) is 3.12. The lowest BCUT2D eigenvalue weighted by molar-refractivity contribution is 0.0934. The Hall–Kier alpha value is -3.48. The van der Waals surface area contributed by atoms with E-state index in [9.17, 15) is 9.59 Å². The first kappa shape index (κ1) is 17.3. The molecule has 2 N–H and O–H groups in total. The van der Waals surface area contributed by atoms with E-state index in [1.807, 2.05) is 37.3 Å². The van der Waals surface area contributed by atoms with Gasteiger partial charge in [0.1, 0.15) is 17.1 Å². The molecule has 3 rings (SSSR count). The van der Waals surface area contributed by atoms with Gasteiger partial charge in [-0.3, -0.25) is 9.59 Å². The summed E-state index contributed by atoms with van der Waals surface area (Å²) in [4.78, 5) is 28.8. The van der Waals surface area contributed by atoms with E-state index in [2.05, 4.69) is 20.8 Å². The van der Waals surface area contributed by atoms with Crippen molar-refractivity contribution < 1.29 is 14.1 Å². The van der Waals surface area contributed by atoms with Crippen LogP contribution in [0.25, 0.3) is 0 Å². The Balaban J connectivity index is 1.70. The van der Waals surface area contributed by atoms with Gasteiger partial charge in [0.25, 0.3) is 11.8 Å². The molecule has 132 valence electrons. The minimum Gasteiger partial charge on any atom is -0.360 e. The first-order chi connectivity index (χ1) is 12.5. The fraction of sp³-hybridized carbons (Fsp3) is 0.158. The lowest BCUT2D eigenvalue weighted by atomic mass is 10.1. The van der Waals surface area contributed by atoms with Crippen molar-refractivity contribution in [2.75, 3.05) is 5.32 Å². The zero-order chi connectivity index (χ0) is 18.5. The highest BCUT2D eigenvalue weighted by molar-refractivity contribution is 6.03. The smallest absolute Gasteiger partial charge is 0.275 e. The molecule has 26 heavy (non-hydrogen) atoms. The van der Waals surface area contributed by atoms with E-state index in [4.69, 9.17) is 4.52 Å². The van der Waals surface area contributed by atoms with E-state index < -0.39 is 5.91 Å². The van der Waals surface area contributed by atoms with Crippen LogP contribution in [-0.4, -0.2) is 22.0 Å². The Labute approximate surface area is 150 Å². The number of amides is 2. The van der Waals surface area contributed by atoms with Crippen molar-refractivity contribution in [3.63, 3.8) is 0 Å². The van der Waals surface area contributed by atoms with Crippen molar-refractivity contribution in [1.82, 2.24) is 15.5 Å². The molecule has 0 fully saturated rings. The number of carbonyl (C=O) groups excluding carboxylic acids is 2. The van der Waals surface area contributed by atoms with Crippen LogP contribution < -0.4 is 10.6 Å². The van der Waals surface area contributed by atoms with Crippen LogP contribution >= 0.6 is 0 Å². The number of hydrogen-bond donors (Lipinski definition) is 2. The first-order valence-corrected chi connectivity index (χ1v) is 8.10. The van der Waals surface area contributed by atoms with Gasteiger partial charge in [-0.25, -0.2) is 4.98 Å². The van der Waals surface area contributed by atoms with E-state index in [1.54, 1.807) is 25.1 Å². The predicted molar refractivity (Wildman–Crippen MR) is 95.8 cm³/mol. The normalized spacial score (nSPS) is 11.6. The number of carbonyl (C=O) groups is 2. The van der Waals surface area contributed by atoms with E-state index in [-0.39, 0.29) is 23.3 Å². The summed E-state index contributed by atoms with van der Waals surface area (Å²) in [5, 5.41) is 9.14. The topological polar surface area (TPSA) is 97.1 Å². The number of aryl methyl sites for hydroxylation is 1. The Kier molecular flexibility index (Phi) is 5.07. The number of pyridine rings is 1. The van der Waals surface area contributed by atoms with Gasteiger partial charge in [-0.2, -0.15) is 0 Å². The number of aromatic nitrogens is 2. The minimum atomic E-state index is -0.468. The van der Waals surface area contributed by atoms with Crippen LogP contribution in [0.1, 0.15) is 45.3 Å². The average molecular weight is 350 g/mol. The highest BCUT2D eigenvalue weighted by Gasteiger charge is 2.16. The summed E-state index contributed by atoms with van der Waals surface area (Å²) in [6.07, 6.45) is 0. The zero-order valence-electron chi connectivity index (χ0n) is 14.4. The molecular weight excluding hydrogens is 332 g/mol. The molecule has 1 unspecified atom stereocenters. The molecule has 7 nitrogen and oxygen atoms in total. The summed E-state index contributed by atoms with van der Waals surface area (Å²) >= 11 is 0. The fourth-order valence-corrected chi connectivity index (χ4v) is 2.39. The molecular formula is C19H18N4O3. The second kappa shape index (κ2) is 7.60. The molecule has 0 aliphatic carbocycles. The second-order valence-corrected chi connectivity index (χ2v) is 5.79. The van der Waals surface area contributed by atoms with Gasteiger partial charge < -0.3 is 15.2 Å². The summed E-state index contributed by atoms with van der Waals surface area (Å²) in [7, 11) is 0. The summed E-state index contributed by atoms with van der Waals surface area (Å²) in [5.74, 6) is 0.0514. The van der Waals surface area contributed by atoms with Gasteiger partial charge >= 0.3 is 0 Å². The maximum atomic E-state index is 12.4. The van der Waals surface area contributed by atoms with E-state index >= 15 is 0 Å². The number of nitrogens with one attached hydrogen (secondary N) is 2. The number of anilines is 1. The second-order valence-electron chi connectivity index (χ2n) is 5.79. The maximum Gasteiger partial charge on any atom is 0.275 e. The lowest BCUT2D eigenvalue weighted by Crippen LogP contribution is -2.28. The van der Waals surface area contributed by atoms with Gasteiger partial charge in [0, 0.05) is 6.07 Å². The summed E-state index contributed by atoms with van der Waals surface area (Å²) in [5.41, 5.74) is 1.26. The Morgan fingerprint density at radius 3 is 2.35 bits per heavy atom. The molecule has 3 aromatic rings. The van der Waals surface area contributed by atoms with Crippen LogP contribution in [0.2, 0.25) is 0 Å². The van der Waals surface area contributed by atoms with Gasteiger partial charge in [0.05, 0.1) is 6.04 Å². The van der Waals surface area contributed by atoms with E-state index in [1.165, 1.54) is 6.07 Å². The van der Waals surface area contributed by atoms with Crippen LogP contribution in [0.15, 0.2) is 59.1 Å². The van der Waals surface area contributed by atoms with Crippen molar-refractivity contribution in [3.05, 3.63) is 77.3 Å². The maximum absolute atomic E-state index is 12.4. The molecule has 0 saturated heterocycles. The number of hydrogen-bond acceptors (Lipinski definition) is 5. The molecule has 0 saturated carbocycles. The van der Waals surface area contributed by atoms with Crippen molar-refractivity contribution in [1.29, 1.82) is 0 Å². The van der Waals surface area contributed by atoms with Crippen LogP contribution in [0.4, 0.5) is 5.82 Å². The third kappa shape index (κ3) is 4.13. The molecule has 0 aliphatic heterocycles. The zero-order valence-corrected chi connectivity index (χ0v) is 14.4. The molecule has 0 spiro atoms. The van der Waals surface area contributed by atoms with Gasteiger partial charge in [-0.1, -0.05) is 41.6 Å². The molecule has 0 radical (unpaired) electrons. The third-order valence-electron chi connectivity index (χ3n) is 3.73. The van der Waals surface area contributed by atoms with E-state index in [0.29, 0.717) is 11.6 Å². The number of benzene rings is 1. The Bertz CT molecular complexity index is 921. The largest absolute Gasteiger partial charge is 0.360 e. The molecule has 0 bridgehead atoms. The highest BCUT2D eigenvalue weighted by Crippen LogP contribution is 2.13. The lowest BCUT2D eigenvalue weighted by Gasteiger charge is -2.14. The van der Waals surface area contributed by atoms with Gasteiger partial charge in [-0.05, 0) is 31.5 Å². The van der Waals surface area contributed by atoms with Crippen LogP contribution in [-0.2, 0) is 0 Å².